The van der Waals surface area contributed by atoms with Crippen LogP contribution in [0.25, 0.3) is 27.5 Å². The molecular formula is C21H17NO4. The molecule has 0 bridgehead atoms. The zero-order valence-corrected chi connectivity index (χ0v) is 14.4. The Labute approximate surface area is 150 Å². The van der Waals surface area contributed by atoms with Crippen LogP contribution in [0.15, 0.2) is 60.7 Å². The molecule has 0 atom stereocenters. The predicted octanol–water partition coefficient (Wildman–Crippen LogP) is 4.50. The van der Waals surface area contributed by atoms with E-state index in [9.17, 15) is 4.79 Å². The van der Waals surface area contributed by atoms with E-state index >= 15 is 0 Å². The molecule has 1 N–H and O–H groups in total. The molecule has 4 rings (SSSR count). The number of hydrogen-bond donors (Lipinski definition) is 1. The van der Waals surface area contributed by atoms with E-state index in [-0.39, 0.29) is 5.56 Å². The molecule has 26 heavy (non-hydrogen) atoms. The van der Waals surface area contributed by atoms with Crippen LogP contribution in [-0.2, 0) is 0 Å². The number of methoxy groups -OCH3 is 2. The van der Waals surface area contributed by atoms with Crippen LogP contribution in [0.3, 0.4) is 0 Å². The second-order valence-electron chi connectivity index (χ2n) is 5.95. The summed E-state index contributed by atoms with van der Waals surface area (Å²) < 4.78 is 12.9. The molecule has 3 aromatic carbocycles. The summed E-state index contributed by atoms with van der Waals surface area (Å²) in [6.07, 6.45) is 0. The molecule has 4 aromatic rings. The van der Waals surface area contributed by atoms with Gasteiger partial charge in [-0.3, -0.25) is 0 Å². The molecule has 0 amide bonds. The van der Waals surface area contributed by atoms with Crippen LogP contribution >= 0.6 is 0 Å². The largest absolute Gasteiger partial charge is 0.497 e. The van der Waals surface area contributed by atoms with E-state index in [1.54, 1.807) is 38.5 Å². The van der Waals surface area contributed by atoms with Gasteiger partial charge in [-0.15, -0.1) is 0 Å². The van der Waals surface area contributed by atoms with Gasteiger partial charge in [-0.05, 0) is 48.5 Å². The Bertz CT molecular complexity index is 1070. The number of aromatic nitrogens is 1. The first-order valence-electron chi connectivity index (χ1n) is 8.12. The van der Waals surface area contributed by atoms with E-state index in [0.717, 1.165) is 39.0 Å². The lowest BCUT2D eigenvalue weighted by Crippen LogP contribution is -1.98. The first-order valence-corrected chi connectivity index (χ1v) is 8.12. The predicted molar refractivity (Wildman–Crippen MR) is 101 cm³/mol. The molecule has 0 spiro atoms. The summed E-state index contributed by atoms with van der Waals surface area (Å²) in [6.45, 7) is 0. The van der Waals surface area contributed by atoms with Crippen molar-refractivity contribution in [1.82, 2.24) is 4.57 Å². The fraction of sp³-hybridized carbons (Fsp3) is 0.0952. The molecule has 0 saturated heterocycles. The average Bonchev–Trinajstić information content (AvgIpc) is 3.00. The van der Waals surface area contributed by atoms with Gasteiger partial charge in [0.05, 0.1) is 30.8 Å². The molecule has 0 saturated carbocycles. The van der Waals surface area contributed by atoms with Gasteiger partial charge in [-0.1, -0.05) is 0 Å². The number of carboxylic acid groups (broad SMARTS) is 1. The summed E-state index contributed by atoms with van der Waals surface area (Å²) in [5.41, 5.74) is 3.09. The number of rotatable bonds is 4. The van der Waals surface area contributed by atoms with Gasteiger partial charge in [0.15, 0.2) is 0 Å². The van der Waals surface area contributed by atoms with Gasteiger partial charge < -0.3 is 19.1 Å². The van der Waals surface area contributed by atoms with Crippen molar-refractivity contribution in [2.75, 3.05) is 14.2 Å². The summed E-state index contributed by atoms with van der Waals surface area (Å²) in [4.78, 5) is 11.2. The van der Waals surface area contributed by atoms with E-state index in [1.165, 1.54) is 0 Å². The normalized spacial score (nSPS) is 11.0. The SMILES string of the molecule is COc1ccc2c3ccc(OC)cc3n(-c3ccc(C(=O)O)cc3)c2c1. The third kappa shape index (κ3) is 2.45. The standard InChI is InChI=1S/C21H17NO4/c1-25-15-7-9-17-18-10-8-16(26-2)12-20(18)22(19(17)11-15)14-5-3-13(4-6-14)21(23)24/h3-12H,1-2H3,(H,23,24). The number of hydrogen-bond acceptors (Lipinski definition) is 3. The Morgan fingerprint density at radius 1 is 0.808 bits per heavy atom. The molecule has 1 aromatic heterocycles. The molecule has 0 aliphatic carbocycles. The van der Waals surface area contributed by atoms with Crippen molar-refractivity contribution < 1.29 is 19.4 Å². The summed E-state index contributed by atoms with van der Waals surface area (Å²) in [6, 6.07) is 18.7. The molecule has 130 valence electrons. The van der Waals surface area contributed by atoms with Crippen LogP contribution in [0.5, 0.6) is 11.5 Å². The highest BCUT2D eigenvalue weighted by atomic mass is 16.5. The average molecular weight is 347 g/mol. The molecule has 0 aliphatic heterocycles. The number of nitrogens with zero attached hydrogens (tertiary/aromatic N) is 1. The highest BCUT2D eigenvalue weighted by Gasteiger charge is 2.14. The van der Waals surface area contributed by atoms with Gasteiger partial charge in [0.2, 0.25) is 0 Å². The molecule has 5 nitrogen and oxygen atoms in total. The number of ether oxygens (including phenoxy) is 2. The lowest BCUT2D eigenvalue weighted by molar-refractivity contribution is 0.0697. The zero-order chi connectivity index (χ0) is 18.3. The number of aromatic carboxylic acids is 1. The molecule has 0 unspecified atom stereocenters. The van der Waals surface area contributed by atoms with E-state index in [0.29, 0.717) is 0 Å². The smallest absolute Gasteiger partial charge is 0.335 e. The second kappa shape index (κ2) is 6.11. The van der Waals surface area contributed by atoms with Crippen LogP contribution in [0, 0.1) is 0 Å². The maximum absolute atomic E-state index is 11.2. The van der Waals surface area contributed by atoms with Crippen molar-refractivity contribution in [2.24, 2.45) is 0 Å². The van der Waals surface area contributed by atoms with E-state index in [2.05, 4.69) is 4.57 Å². The third-order valence-corrected chi connectivity index (χ3v) is 4.55. The lowest BCUT2D eigenvalue weighted by Gasteiger charge is -2.09. The molecular weight excluding hydrogens is 330 g/mol. The fourth-order valence-corrected chi connectivity index (χ4v) is 3.26. The quantitative estimate of drug-likeness (QED) is 0.590. The third-order valence-electron chi connectivity index (χ3n) is 4.55. The minimum atomic E-state index is -0.942. The molecule has 1 heterocycles. The van der Waals surface area contributed by atoms with Gasteiger partial charge in [0.25, 0.3) is 0 Å². The summed E-state index contributed by atoms with van der Waals surface area (Å²) >= 11 is 0. The van der Waals surface area contributed by atoms with Gasteiger partial charge in [-0.25, -0.2) is 4.79 Å². The van der Waals surface area contributed by atoms with E-state index < -0.39 is 5.97 Å². The lowest BCUT2D eigenvalue weighted by atomic mass is 10.1. The minimum absolute atomic E-state index is 0.254. The maximum atomic E-state index is 11.2. The van der Waals surface area contributed by atoms with Crippen molar-refractivity contribution >= 4 is 27.8 Å². The van der Waals surface area contributed by atoms with Gasteiger partial charge in [0.1, 0.15) is 11.5 Å². The number of fused-ring (bicyclic) bond motifs is 3. The van der Waals surface area contributed by atoms with Gasteiger partial charge >= 0.3 is 5.97 Å². The highest BCUT2D eigenvalue weighted by molar-refractivity contribution is 6.10. The Morgan fingerprint density at radius 2 is 1.31 bits per heavy atom. The number of benzene rings is 3. The molecule has 0 radical (unpaired) electrons. The number of carboxylic acids is 1. The molecule has 0 fully saturated rings. The first-order chi connectivity index (χ1) is 12.6. The summed E-state index contributed by atoms with van der Waals surface area (Å²) in [5.74, 6) is 0.577. The highest BCUT2D eigenvalue weighted by Crippen LogP contribution is 2.35. The van der Waals surface area contributed by atoms with Crippen molar-refractivity contribution in [1.29, 1.82) is 0 Å². The Balaban J connectivity index is 2.07. The van der Waals surface area contributed by atoms with Crippen LogP contribution in [-0.4, -0.2) is 29.9 Å². The van der Waals surface area contributed by atoms with Crippen LogP contribution in [0.1, 0.15) is 10.4 Å². The zero-order valence-electron chi connectivity index (χ0n) is 14.4. The molecule has 0 aliphatic rings. The monoisotopic (exact) mass is 347 g/mol. The summed E-state index contributed by atoms with van der Waals surface area (Å²) in [5, 5.41) is 11.3. The van der Waals surface area contributed by atoms with Crippen molar-refractivity contribution in [2.45, 2.75) is 0 Å². The van der Waals surface area contributed by atoms with E-state index in [4.69, 9.17) is 14.6 Å². The van der Waals surface area contributed by atoms with Gasteiger partial charge in [0, 0.05) is 28.6 Å². The first kappa shape index (κ1) is 16.0. The minimum Gasteiger partial charge on any atom is -0.497 e. The number of carbonyl (C=O) groups is 1. The maximum Gasteiger partial charge on any atom is 0.335 e. The Hall–Kier alpha value is -3.47. The fourth-order valence-electron chi connectivity index (χ4n) is 3.26. The summed E-state index contributed by atoms with van der Waals surface area (Å²) in [7, 11) is 3.28. The second-order valence-corrected chi connectivity index (χ2v) is 5.95. The van der Waals surface area contributed by atoms with Gasteiger partial charge in [-0.2, -0.15) is 0 Å². The Kier molecular flexibility index (Phi) is 3.77. The van der Waals surface area contributed by atoms with Crippen LogP contribution in [0.2, 0.25) is 0 Å². The van der Waals surface area contributed by atoms with Crippen LogP contribution < -0.4 is 9.47 Å². The van der Waals surface area contributed by atoms with Crippen molar-refractivity contribution in [3.8, 4) is 17.2 Å². The Morgan fingerprint density at radius 3 is 1.73 bits per heavy atom. The van der Waals surface area contributed by atoms with E-state index in [1.807, 2.05) is 36.4 Å². The molecule has 5 heteroatoms. The van der Waals surface area contributed by atoms with Crippen molar-refractivity contribution in [3.05, 3.63) is 66.2 Å². The van der Waals surface area contributed by atoms with Crippen LogP contribution in [0.4, 0.5) is 0 Å². The topological polar surface area (TPSA) is 60.7 Å². The van der Waals surface area contributed by atoms with Crippen molar-refractivity contribution in [3.63, 3.8) is 0 Å².